The van der Waals surface area contributed by atoms with Gasteiger partial charge in [0.2, 0.25) is 0 Å². The minimum Gasteiger partial charge on any atom is -0.313 e. The van der Waals surface area contributed by atoms with Crippen LogP contribution in [-0.4, -0.2) is 38.1 Å². The molecule has 0 heterocycles. The topological polar surface area (TPSA) is 15.3 Å². The van der Waals surface area contributed by atoms with E-state index in [-0.39, 0.29) is 0 Å². The van der Waals surface area contributed by atoms with E-state index in [1.54, 1.807) is 0 Å². The van der Waals surface area contributed by atoms with Gasteiger partial charge in [-0.3, -0.25) is 0 Å². The summed E-state index contributed by atoms with van der Waals surface area (Å²) in [5.41, 5.74) is 0. The molecule has 0 fully saturated rings. The molecule has 0 aliphatic heterocycles. The van der Waals surface area contributed by atoms with Gasteiger partial charge >= 0.3 is 0 Å². The fourth-order valence-electron chi connectivity index (χ4n) is 0.993. The van der Waals surface area contributed by atoms with Gasteiger partial charge in [0.1, 0.15) is 0 Å². The van der Waals surface area contributed by atoms with Gasteiger partial charge in [0.15, 0.2) is 0 Å². The van der Waals surface area contributed by atoms with Gasteiger partial charge in [0, 0.05) is 12.5 Å². The summed E-state index contributed by atoms with van der Waals surface area (Å²) in [6, 6.07) is 0.456. The van der Waals surface area contributed by atoms with Gasteiger partial charge in [-0.25, -0.2) is 0 Å². The summed E-state index contributed by atoms with van der Waals surface area (Å²) in [7, 11) is 4.18. The second kappa shape index (κ2) is 7.15. The van der Waals surface area contributed by atoms with E-state index in [1.807, 2.05) is 0 Å². The summed E-state index contributed by atoms with van der Waals surface area (Å²) in [5, 5.41) is 3.37. The van der Waals surface area contributed by atoms with Crippen LogP contribution in [0.2, 0.25) is 0 Å². The third kappa shape index (κ3) is 7.59. The second-order valence-electron chi connectivity index (χ2n) is 3.42. The molecule has 0 aliphatic rings. The van der Waals surface area contributed by atoms with Crippen molar-refractivity contribution in [1.82, 2.24) is 10.2 Å². The Balaban J connectivity index is 3.15. The highest BCUT2D eigenvalue weighted by Gasteiger charge is 1.97. The predicted molar refractivity (Wildman–Crippen MR) is 54.1 cm³/mol. The Kier molecular flexibility index (Phi) is 6.84. The maximum absolute atomic E-state index is 5.18. The molecule has 0 saturated carbocycles. The summed E-state index contributed by atoms with van der Waals surface area (Å²) in [5.74, 6) is 2.64. The first-order valence-corrected chi connectivity index (χ1v) is 4.48. The van der Waals surface area contributed by atoms with E-state index >= 15 is 0 Å². The molecule has 2 heteroatoms. The molecule has 0 rings (SSSR count). The summed E-state index contributed by atoms with van der Waals surface area (Å²) < 4.78 is 0. The maximum atomic E-state index is 5.18. The molecule has 0 aromatic rings. The van der Waals surface area contributed by atoms with Crippen LogP contribution in [0.4, 0.5) is 0 Å². The molecule has 70 valence electrons. The SMILES string of the molecule is C#CCC(C)NCCCN(C)C. The van der Waals surface area contributed by atoms with Crippen molar-refractivity contribution in [3.8, 4) is 12.3 Å². The molecule has 0 amide bonds. The number of hydrogen-bond acceptors (Lipinski definition) is 2. The average molecular weight is 168 g/mol. The van der Waals surface area contributed by atoms with Crippen LogP contribution in [-0.2, 0) is 0 Å². The molecular weight excluding hydrogens is 148 g/mol. The van der Waals surface area contributed by atoms with E-state index in [0.717, 1.165) is 19.5 Å². The van der Waals surface area contributed by atoms with Crippen molar-refractivity contribution in [2.24, 2.45) is 0 Å². The molecule has 0 aliphatic carbocycles. The largest absolute Gasteiger partial charge is 0.313 e. The minimum absolute atomic E-state index is 0.456. The van der Waals surface area contributed by atoms with Crippen LogP contribution >= 0.6 is 0 Å². The fourth-order valence-corrected chi connectivity index (χ4v) is 0.993. The van der Waals surface area contributed by atoms with E-state index in [2.05, 4.69) is 37.2 Å². The van der Waals surface area contributed by atoms with Crippen LogP contribution < -0.4 is 5.32 Å². The van der Waals surface area contributed by atoms with E-state index in [4.69, 9.17) is 6.42 Å². The van der Waals surface area contributed by atoms with Crippen molar-refractivity contribution < 1.29 is 0 Å². The second-order valence-corrected chi connectivity index (χ2v) is 3.42. The molecule has 2 nitrogen and oxygen atoms in total. The molecule has 0 aromatic carbocycles. The normalized spacial score (nSPS) is 12.9. The lowest BCUT2D eigenvalue weighted by atomic mass is 10.2. The van der Waals surface area contributed by atoms with Gasteiger partial charge in [-0.15, -0.1) is 12.3 Å². The minimum atomic E-state index is 0.456. The number of terminal acetylenes is 1. The predicted octanol–water partition coefficient (Wildman–Crippen LogP) is 0.940. The summed E-state index contributed by atoms with van der Waals surface area (Å²) in [6.45, 7) is 4.31. The van der Waals surface area contributed by atoms with Crippen molar-refractivity contribution >= 4 is 0 Å². The molecule has 0 radical (unpaired) electrons. The van der Waals surface area contributed by atoms with Gasteiger partial charge in [-0.05, 0) is 40.5 Å². The molecule has 12 heavy (non-hydrogen) atoms. The van der Waals surface area contributed by atoms with Gasteiger partial charge in [-0.1, -0.05) is 0 Å². The molecule has 1 unspecified atom stereocenters. The number of nitrogens with one attached hydrogen (secondary N) is 1. The Labute approximate surface area is 76.3 Å². The highest BCUT2D eigenvalue weighted by molar-refractivity contribution is 4.87. The zero-order valence-corrected chi connectivity index (χ0v) is 8.43. The Hall–Kier alpha value is -0.520. The number of rotatable bonds is 6. The Morgan fingerprint density at radius 1 is 1.50 bits per heavy atom. The lowest BCUT2D eigenvalue weighted by Gasteiger charge is -2.12. The van der Waals surface area contributed by atoms with Crippen LogP contribution in [0.25, 0.3) is 0 Å². The molecule has 1 N–H and O–H groups in total. The van der Waals surface area contributed by atoms with Crippen LogP contribution in [0.15, 0.2) is 0 Å². The zero-order chi connectivity index (χ0) is 9.40. The van der Waals surface area contributed by atoms with Gasteiger partial charge in [0.05, 0.1) is 0 Å². The van der Waals surface area contributed by atoms with Crippen LogP contribution in [0.5, 0.6) is 0 Å². The molecule has 0 aromatic heterocycles. The van der Waals surface area contributed by atoms with E-state index in [1.165, 1.54) is 6.42 Å². The van der Waals surface area contributed by atoms with E-state index in [9.17, 15) is 0 Å². The third-order valence-corrected chi connectivity index (χ3v) is 1.70. The number of hydrogen-bond donors (Lipinski definition) is 1. The van der Waals surface area contributed by atoms with E-state index in [0.29, 0.717) is 6.04 Å². The quantitative estimate of drug-likeness (QED) is 0.469. The van der Waals surface area contributed by atoms with Gasteiger partial charge < -0.3 is 10.2 Å². The van der Waals surface area contributed by atoms with E-state index < -0.39 is 0 Å². The fraction of sp³-hybridized carbons (Fsp3) is 0.800. The van der Waals surface area contributed by atoms with Crippen molar-refractivity contribution in [2.75, 3.05) is 27.2 Å². The highest BCUT2D eigenvalue weighted by atomic mass is 15.1. The summed E-state index contributed by atoms with van der Waals surface area (Å²) in [6.07, 6.45) is 7.19. The summed E-state index contributed by atoms with van der Waals surface area (Å²) >= 11 is 0. The Morgan fingerprint density at radius 2 is 2.17 bits per heavy atom. The lowest BCUT2D eigenvalue weighted by molar-refractivity contribution is 0.388. The molecule has 0 saturated heterocycles. The smallest absolute Gasteiger partial charge is 0.0238 e. The lowest BCUT2D eigenvalue weighted by Crippen LogP contribution is -2.28. The van der Waals surface area contributed by atoms with Crippen molar-refractivity contribution in [3.05, 3.63) is 0 Å². The molecule has 0 spiro atoms. The van der Waals surface area contributed by atoms with Crippen molar-refractivity contribution in [2.45, 2.75) is 25.8 Å². The maximum Gasteiger partial charge on any atom is 0.0238 e. The first-order valence-electron chi connectivity index (χ1n) is 4.48. The zero-order valence-electron chi connectivity index (χ0n) is 8.43. The Morgan fingerprint density at radius 3 is 2.67 bits per heavy atom. The van der Waals surface area contributed by atoms with Crippen LogP contribution in [0, 0.1) is 12.3 Å². The number of nitrogens with zero attached hydrogens (tertiary/aromatic N) is 1. The monoisotopic (exact) mass is 168 g/mol. The van der Waals surface area contributed by atoms with Crippen LogP contribution in [0.3, 0.4) is 0 Å². The van der Waals surface area contributed by atoms with Crippen LogP contribution in [0.1, 0.15) is 19.8 Å². The van der Waals surface area contributed by atoms with Crippen molar-refractivity contribution in [3.63, 3.8) is 0 Å². The average Bonchev–Trinajstić information content (AvgIpc) is 1.98. The van der Waals surface area contributed by atoms with Gasteiger partial charge in [-0.2, -0.15) is 0 Å². The van der Waals surface area contributed by atoms with Gasteiger partial charge in [0.25, 0.3) is 0 Å². The molecular formula is C10H20N2. The summed E-state index contributed by atoms with van der Waals surface area (Å²) in [4.78, 5) is 2.19. The first-order chi connectivity index (χ1) is 5.66. The molecule has 0 bridgehead atoms. The standard InChI is InChI=1S/C10H20N2/c1-5-7-10(2)11-8-6-9-12(3)4/h1,10-11H,6-9H2,2-4H3. The molecule has 1 atom stereocenters. The third-order valence-electron chi connectivity index (χ3n) is 1.70. The highest BCUT2D eigenvalue weighted by Crippen LogP contribution is 1.88. The first kappa shape index (κ1) is 11.5. The Bertz CT molecular complexity index is 135. The van der Waals surface area contributed by atoms with Crippen molar-refractivity contribution in [1.29, 1.82) is 0 Å².